The minimum Gasteiger partial charge on any atom is -0.330 e. The fourth-order valence-corrected chi connectivity index (χ4v) is 1.71. The summed E-state index contributed by atoms with van der Waals surface area (Å²) in [6.07, 6.45) is 0.834. The molecule has 0 aromatic heterocycles. The number of benzene rings is 1. The molecular formula is C10H10F3N. The molecule has 0 radical (unpaired) electrons. The molecule has 1 aromatic rings. The predicted octanol–water partition coefficient (Wildman–Crippen LogP) is 2.17. The van der Waals surface area contributed by atoms with Crippen LogP contribution >= 0.6 is 0 Å². The van der Waals surface area contributed by atoms with Crippen LogP contribution < -0.4 is 5.73 Å². The first-order valence-electron chi connectivity index (χ1n) is 4.48. The maximum Gasteiger partial charge on any atom is 0.194 e. The summed E-state index contributed by atoms with van der Waals surface area (Å²) in [6.45, 7) is 0.505. The molecule has 14 heavy (non-hydrogen) atoms. The van der Waals surface area contributed by atoms with E-state index in [4.69, 9.17) is 5.73 Å². The van der Waals surface area contributed by atoms with Crippen LogP contribution in [0.3, 0.4) is 0 Å². The predicted molar refractivity (Wildman–Crippen MR) is 46.2 cm³/mol. The highest BCUT2D eigenvalue weighted by Crippen LogP contribution is 2.46. The molecule has 2 N–H and O–H groups in total. The summed E-state index contributed by atoms with van der Waals surface area (Å²) < 4.78 is 38.2. The van der Waals surface area contributed by atoms with Gasteiger partial charge >= 0.3 is 0 Å². The topological polar surface area (TPSA) is 26.0 Å². The van der Waals surface area contributed by atoms with Crippen LogP contribution in [0.5, 0.6) is 0 Å². The molecule has 1 aliphatic carbocycles. The highest BCUT2D eigenvalue weighted by atomic mass is 19.2. The average molecular weight is 201 g/mol. The van der Waals surface area contributed by atoms with Crippen molar-refractivity contribution in [1.29, 1.82) is 0 Å². The van der Waals surface area contributed by atoms with Gasteiger partial charge in [0.05, 0.1) is 0 Å². The van der Waals surface area contributed by atoms with E-state index in [0.29, 0.717) is 18.0 Å². The molecular weight excluding hydrogens is 191 g/mol. The van der Waals surface area contributed by atoms with Crippen LogP contribution in [0.4, 0.5) is 13.2 Å². The summed E-state index contributed by atoms with van der Waals surface area (Å²) in [5.41, 5.74) is 5.92. The van der Waals surface area contributed by atoms with Crippen LogP contribution in [-0.2, 0) is 0 Å². The van der Waals surface area contributed by atoms with Crippen molar-refractivity contribution in [3.8, 4) is 0 Å². The maximum absolute atomic E-state index is 12.8. The Labute approximate surface area is 79.7 Å². The zero-order valence-corrected chi connectivity index (χ0v) is 7.43. The second-order valence-electron chi connectivity index (χ2n) is 3.64. The third-order valence-electron chi connectivity index (χ3n) is 2.66. The lowest BCUT2D eigenvalue weighted by Crippen LogP contribution is -2.02. The summed E-state index contributed by atoms with van der Waals surface area (Å²) in [4.78, 5) is 0. The van der Waals surface area contributed by atoms with Gasteiger partial charge in [-0.1, -0.05) is 0 Å². The second kappa shape index (κ2) is 3.28. The van der Waals surface area contributed by atoms with E-state index >= 15 is 0 Å². The maximum atomic E-state index is 12.8. The minimum atomic E-state index is -1.40. The van der Waals surface area contributed by atoms with E-state index in [9.17, 15) is 13.2 Å². The number of hydrogen-bond donors (Lipinski definition) is 1. The number of hydrogen-bond acceptors (Lipinski definition) is 1. The minimum absolute atomic E-state index is 0.101. The van der Waals surface area contributed by atoms with Crippen molar-refractivity contribution in [2.75, 3.05) is 6.54 Å². The van der Waals surface area contributed by atoms with Gasteiger partial charge in [-0.2, -0.15) is 0 Å². The van der Waals surface area contributed by atoms with Gasteiger partial charge in [0.25, 0.3) is 0 Å². The Kier molecular flexibility index (Phi) is 2.23. The standard InChI is InChI=1S/C10H10F3N/c11-8-2-5(3-9(12)10(8)13)7-1-6(7)4-14/h2-3,6-7H,1,4,14H2. The summed E-state index contributed by atoms with van der Waals surface area (Å²) in [5.74, 6) is -3.26. The molecule has 2 atom stereocenters. The van der Waals surface area contributed by atoms with Crippen LogP contribution in [-0.4, -0.2) is 6.54 Å². The highest BCUT2D eigenvalue weighted by Gasteiger charge is 2.37. The van der Waals surface area contributed by atoms with Crippen LogP contribution in [0.15, 0.2) is 12.1 Å². The van der Waals surface area contributed by atoms with E-state index in [2.05, 4.69) is 0 Å². The fraction of sp³-hybridized carbons (Fsp3) is 0.400. The monoisotopic (exact) mass is 201 g/mol. The van der Waals surface area contributed by atoms with Gasteiger partial charge in [-0.25, -0.2) is 13.2 Å². The zero-order valence-electron chi connectivity index (χ0n) is 7.43. The van der Waals surface area contributed by atoms with Crippen molar-refractivity contribution in [1.82, 2.24) is 0 Å². The Morgan fingerprint density at radius 2 is 1.79 bits per heavy atom. The smallest absolute Gasteiger partial charge is 0.194 e. The van der Waals surface area contributed by atoms with Crippen LogP contribution in [0, 0.1) is 23.4 Å². The van der Waals surface area contributed by atoms with Gasteiger partial charge in [-0.05, 0) is 42.5 Å². The molecule has 2 unspecified atom stereocenters. The number of nitrogens with two attached hydrogens (primary N) is 1. The molecule has 1 nitrogen and oxygen atoms in total. The molecule has 0 amide bonds. The molecule has 1 saturated carbocycles. The Morgan fingerprint density at radius 1 is 1.21 bits per heavy atom. The van der Waals surface area contributed by atoms with E-state index in [0.717, 1.165) is 18.6 Å². The summed E-state index contributed by atoms with van der Waals surface area (Å²) >= 11 is 0. The van der Waals surface area contributed by atoms with E-state index in [-0.39, 0.29) is 5.92 Å². The molecule has 0 aliphatic heterocycles. The quantitative estimate of drug-likeness (QED) is 0.729. The van der Waals surface area contributed by atoms with Gasteiger partial charge in [0.1, 0.15) is 0 Å². The molecule has 0 spiro atoms. The SMILES string of the molecule is NCC1CC1c1cc(F)c(F)c(F)c1. The molecule has 0 saturated heterocycles. The molecule has 0 heterocycles. The van der Waals surface area contributed by atoms with Crippen molar-refractivity contribution in [3.05, 3.63) is 35.1 Å². The van der Waals surface area contributed by atoms with Crippen LogP contribution in [0.1, 0.15) is 17.9 Å². The summed E-state index contributed by atoms with van der Waals surface area (Å²) in [7, 11) is 0. The lowest BCUT2D eigenvalue weighted by molar-refractivity contribution is 0.445. The highest BCUT2D eigenvalue weighted by molar-refractivity contribution is 5.28. The fourth-order valence-electron chi connectivity index (χ4n) is 1.71. The lowest BCUT2D eigenvalue weighted by Gasteiger charge is -2.01. The molecule has 1 aromatic carbocycles. The third-order valence-corrected chi connectivity index (χ3v) is 2.66. The van der Waals surface area contributed by atoms with Crippen molar-refractivity contribution in [2.24, 2.45) is 11.7 Å². The largest absolute Gasteiger partial charge is 0.330 e. The van der Waals surface area contributed by atoms with Crippen LogP contribution in [0.25, 0.3) is 0 Å². The summed E-state index contributed by atoms with van der Waals surface area (Å²) in [6, 6.07) is 2.11. The average Bonchev–Trinajstić information content (AvgIpc) is 2.92. The molecule has 1 aliphatic rings. The molecule has 76 valence electrons. The molecule has 4 heteroatoms. The Hall–Kier alpha value is -1.03. The summed E-state index contributed by atoms with van der Waals surface area (Å²) in [5, 5.41) is 0. The Morgan fingerprint density at radius 3 is 2.21 bits per heavy atom. The van der Waals surface area contributed by atoms with Gasteiger partial charge in [-0.15, -0.1) is 0 Å². The van der Waals surface area contributed by atoms with Gasteiger partial charge in [0.15, 0.2) is 17.5 Å². The van der Waals surface area contributed by atoms with E-state index in [1.807, 2.05) is 0 Å². The first-order chi connectivity index (χ1) is 6.63. The van der Waals surface area contributed by atoms with E-state index in [1.54, 1.807) is 0 Å². The Balaban J connectivity index is 2.28. The van der Waals surface area contributed by atoms with Crippen molar-refractivity contribution in [2.45, 2.75) is 12.3 Å². The third kappa shape index (κ3) is 1.50. The van der Waals surface area contributed by atoms with Crippen molar-refractivity contribution < 1.29 is 13.2 Å². The van der Waals surface area contributed by atoms with Gasteiger partial charge in [0, 0.05) is 0 Å². The van der Waals surface area contributed by atoms with E-state index < -0.39 is 17.5 Å². The van der Waals surface area contributed by atoms with E-state index in [1.165, 1.54) is 0 Å². The van der Waals surface area contributed by atoms with Gasteiger partial charge in [0.2, 0.25) is 0 Å². The lowest BCUT2D eigenvalue weighted by atomic mass is 10.1. The van der Waals surface area contributed by atoms with Crippen molar-refractivity contribution >= 4 is 0 Å². The number of rotatable bonds is 2. The number of halogens is 3. The van der Waals surface area contributed by atoms with Gasteiger partial charge in [-0.3, -0.25) is 0 Å². The van der Waals surface area contributed by atoms with Gasteiger partial charge < -0.3 is 5.73 Å². The first-order valence-corrected chi connectivity index (χ1v) is 4.48. The molecule has 2 rings (SSSR count). The Bertz CT molecular complexity index is 341. The second-order valence-corrected chi connectivity index (χ2v) is 3.64. The first kappa shape index (κ1) is 9.52. The van der Waals surface area contributed by atoms with Crippen molar-refractivity contribution in [3.63, 3.8) is 0 Å². The normalized spacial score (nSPS) is 25.1. The molecule has 1 fully saturated rings. The molecule has 0 bridgehead atoms. The zero-order chi connectivity index (χ0) is 10.3. The van der Waals surface area contributed by atoms with Crippen LogP contribution in [0.2, 0.25) is 0 Å².